The normalized spacial score (nSPS) is 13.5. The Morgan fingerprint density at radius 1 is 1.35 bits per heavy atom. The number of carbonyl (C=O) groups excluding carboxylic acids is 2. The number of nitrogens with zero attached hydrogens (tertiary/aromatic N) is 2. The first-order valence-corrected chi connectivity index (χ1v) is 8.52. The van der Waals surface area contributed by atoms with Gasteiger partial charge in [-0.3, -0.25) is 14.3 Å². The van der Waals surface area contributed by atoms with Gasteiger partial charge in [0.25, 0.3) is 5.91 Å². The fourth-order valence-corrected chi connectivity index (χ4v) is 2.80. The van der Waals surface area contributed by atoms with Crippen molar-refractivity contribution in [1.29, 1.82) is 0 Å². The Hall–Kier alpha value is -2.96. The Kier molecular flexibility index (Phi) is 4.88. The van der Waals surface area contributed by atoms with Crippen molar-refractivity contribution in [2.75, 3.05) is 10.6 Å². The Labute approximate surface area is 151 Å². The summed E-state index contributed by atoms with van der Waals surface area (Å²) in [6.07, 6.45) is 4.72. The third kappa shape index (κ3) is 3.66. The molecule has 1 aliphatic carbocycles. The molecule has 2 N–H and O–H groups in total. The van der Waals surface area contributed by atoms with Crippen molar-refractivity contribution >= 4 is 23.2 Å². The van der Waals surface area contributed by atoms with Crippen molar-refractivity contribution in [2.45, 2.75) is 38.6 Å². The van der Waals surface area contributed by atoms with Crippen LogP contribution in [0.25, 0.3) is 0 Å². The standard InChI is InChI=1S/C19H21FN4O2/c1-4-17(25)23-16-9-13(7-8-15(16)20)22-19(26)14-10-21-24(11(2)3)18(14)12-5-6-12/h4,7-12H,1,5-6H2,2-3H3,(H,22,26)(H,23,25). The fourth-order valence-electron chi connectivity index (χ4n) is 2.80. The van der Waals surface area contributed by atoms with Crippen LogP contribution in [0.1, 0.15) is 54.7 Å². The second-order valence-electron chi connectivity index (χ2n) is 6.60. The summed E-state index contributed by atoms with van der Waals surface area (Å²) < 4.78 is 15.7. The van der Waals surface area contributed by atoms with Gasteiger partial charge in [0.2, 0.25) is 5.91 Å². The van der Waals surface area contributed by atoms with Crippen LogP contribution in [0, 0.1) is 5.82 Å². The summed E-state index contributed by atoms with van der Waals surface area (Å²) in [4.78, 5) is 24.1. The van der Waals surface area contributed by atoms with Crippen molar-refractivity contribution in [3.63, 3.8) is 0 Å². The predicted octanol–water partition coefficient (Wildman–Crippen LogP) is 3.86. The molecule has 0 aliphatic heterocycles. The van der Waals surface area contributed by atoms with Crippen LogP contribution in [0.3, 0.4) is 0 Å². The first-order chi connectivity index (χ1) is 12.4. The summed E-state index contributed by atoms with van der Waals surface area (Å²) in [5, 5.41) is 9.48. The van der Waals surface area contributed by atoms with Gasteiger partial charge in [-0.1, -0.05) is 6.58 Å². The highest BCUT2D eigenvalue weighted by Crippen LogP contribution is 2.42. The molecule has 0 atom stereocenters. The van der Waals surface area contributed by atoms with Gasteiger partial charge in [-0.2, -0.15) is 5.10 Å². The Morgan fingerprint density at radius 3 is 2.69 bits per heavy atom. The SMILES string of the molecule is C=CC(=O)Nc1cc(NC(=O)c2cnn(C(C)C)c2C2CC2)ccc1F. The van der Waals surface area contributed by atoms with Crippen LogP contribution in [0.4, 0.5) is 15.8 Å². The number of anilines is 2. The number of benzene rings is 1. The topological polar surface area (TPSA) is 76.0 Å². The minimum Gasteiger partial charge on any atom is -0.322 e. The van der Waals surface area contributed by atoms with E-state index < -0.39 is 11.7 Å². The lowest BCUT2D eigenvalue weighted by Gasteiger charge is -2.12. The maximum absolute atomic E-state index is 13.8. The summed E-state index contributed by atoms with van der Waals surface area (Å²) >= 11 is 0. The molecular formula is C19H21FN4O2. The molecule has 1 aliphatic rings. The average molecular weight is 356 g/mol. The van der Waals surface area contributed by atoms with E-state index in [0.29, 0.717) is 17.2 Å². The Balaban J connectivity index is 1.84. The lowest BCUT2D eigenvalue weighted by atomic mass is 10.1. The Bertz CT molecular complexity index is 868. The summed E-state index contributed by atoms with van der Waals surface area (Å²) in [5.41, 5.74) is 1.84. The monoisotopic (exact) mass is 356 g/mol. The molecule has 2 amide bonds. The van der Waals surface area contributed by atoms with E-state index >= 15 is 0 Å². The molecule has 0 saturated heterocycles. The lowest BCUT2D eigenvalue weighted by Crippen LogP contribution is -2.16. The van der Waals surface area contributed by atoms with E-state index in [1.54, 1.807) is 6.20 Å². The number of hydrogen-bond acceptors (Lipinski definition) is 3. The van der Waals surface area contributed by atoms with Crippen LogP contribution >= 0.6 is 0 Å². The maximum Gasteiger partial charge on any atom is 0.259 e. The highest BCUT2D eigenvalue weighted by Gasteiger charge is 2.33. The van der Waals surface area contributed by atoms with Gasteiger partial charge in [-0.25, -0.2) is 4.39 Å². The van der Waals surface area contributed by atoms with Gasteiger partial charge in [0.15, 0.2) is 0 Å². The van der Waals surface area contributed by atoms with Gasteiger partial charge < -0.3 is 10.6 Å². The van der Waals surface area contributed by atoms with Crippen molar-refractivity contribution < 1.29 is 14.0 Å². The van der Waals surface area contributed by atoms with Crippen LogP contribution in [0.15, 0.2) is 37.1 Å². The van der Waals surface area contributed by atoms with Gasteiger partial charge in [0, 0.05) is 17.6 Å². The van der Waals surface area contributed by atoms with Crippen LogP contribution in [-0.2, 0) is 4.79 Å². The van der Waals surface area contributed by atoms with Gasteiger partial charge in [-0.15, -0.1) is 0 Å². The highest BCUT2D eigenvalue weighted by molar-refractivity contribution is 6.06. The number of nitrogens with one attached hydrogen (secondary N) is 2. The molecule has 0 spiro atoms. The van der Waals surface area contributed by atoms with Gasteiger partial charge in [0.05, 0.1) is 23.1 Å². The van der Waals surface area contributed by atoms with E-state index in [0.717, 1.165) is 24.6 Å². The quantitative estimate of drug-likeness (QED) is 0.772. The Morgan fingerprint density at radius 2 is 2.08 bits per heavy atom. The number of rotatable bonds is 6. The van der Waals surface area contributed by atoms with Gasteiger partial charge in [-0.05, 0) is 51.0 Å². The maximum atomic E-state index is 13.8. The second kappa shape index (κ2) is 7.11. The second-order valence-corrected chi connectivity index (χ2v) is 6.60. The highest BCUT2D eigenvalue weighted by atomic mass is 19.1. The number of amides is 2. The summed E-state index contributed by atoms with van der Waals surface area (Å²) in [6, 6.07) is 4.17. The fraction of sp³-hybridized carbons (Fsp3) is 0.316. The molecule has 0 bridgehead atoms. The third-order valence-corrected chi connectivity index (χ3v) is 4.20. The molecule has 7 heteroatoms. The molecule has 1 heterocycles. The van der Waals surface area contributed by atoms with Crippen molar-refractivity contribution in [1.82, 2.24) is 9.78 Å². The van der Waals surface area contributed by atoms with E-state index in [4.69, 9.17) is 0 Å². The average Bonchev–Trinajstić information content (AvgIpc) is 3.34. The van der Waals surface area contributed by atoms with Crippen molar-refractivity contribution in [3.8, 4) is 0 Å². The molecule has 3 rings (SSSR count). The van der Waals surface area contributed by atoms with Crippen LogP contribution in [-0.4, -0.2) is 21.6 Å². The lowest BCUT2D eigenvalue weighted by molar-refractivity contribution is -0.111. The van der Waals surface area contributed by atoms with Crippen molar-refractivity contribution in [3.05, 3.63) is 54.1 Å². The number of carbonyl (C=O) groups is 2. The molecule has 2 aromatic rings. The number of halogens is 1. The van der Waals surface area contributed by atoms with Gasteiger partial charge >= 0.3 is 0 Å². The zero-order chi connectivity index (χ0) is 18.8. The first-order valence-electron chi connectivity index (χ1n) is 8.52. The van der Waals surface area contributed by atoms with E-state index in [2.05, 4.69) is 22.3 Å². The predicted molar refractivity (Wildman–Crippen MR) is 97.8 cm³/mol. The zero-order valence-corrected chi connectivity index (χ0v) is 14.8. The molecule has 1 fully saturated rings. The third-order valence-electron chi connectivity index (χ3n) is 4.20. The molecular weight excluding hydrogens is 335 g/mol. The van der Waals surface area contributed by atoms with Gasteiger partial charge in [0.1, 0.15) is 5.82 Å². The van der Waals surface area contributed by atoms with E-state index in [1.807, 2.05) is 18.5 Å². The zero-order valence-electron chi connectivity index (χ0n) is 14.8. The molecule has 0 unspecified atom stereocenters. The summed E-state index contributed by atoms with van der Waals surface area (Å²) in [5.74, 6) is -1.06. The summed E-state index contributed by atoms with van der Waals surface area (Å²) in [6.45, 7) is 7.38. The smallest absolute Gasteiger partial charge is 0.259 e. The minimum absolute atomic E-state index is 0.0204. The molecule has 136 valence electrons. The molecule has 6 nitrogen and oxygen atoms in total. The molecule has 26 heavy (non-hydrogen) atoms. The van der Waals surface area contributed by atoms with E-state index in [-0.39, 0.29) is 17.6 Å². The molecule has 1 aromatic carbocycles. The molecule has 0 radical (unpaired) electrons. The van der Waals surface area contributed by atoms with Crippen LogP contribution < -0.4 is 10.6 Å². The number of aromatic nitrogens is 2. The first kappa shape index (κ1) is 17.8. The van der Waals surface area contributed by atoms with Crippen molar-refractivity contribution in [2.24, 2.45) is 0 Å². The summed E-state index contributed by atoms with van der Waals surface area (Å²) in [7, 11) is 0. The van der Waals surface area contributed by atoms with E-state index in [1.165, 1.54) is 18.2 Å². The molecule has 1 aromatic heterocycles. The number of hydrogen-bond donors (Lipinski definition) is 2. The largest absolute Gasteiger partial charge is 0.322 e. The van der Waals surface area contributed by atoms with E-state index in [9.17, 15) is 14.0 Å². The van der Waals surface area contributed by atoms with Crippen LogP contribution in [0.2, 0.25) is 0 Å². The molecule has 1 saturated carbocycles. The van der Waals surface area contributed by atoms with Crippen LogP contribution in [0.5, 0.6) is 0 Å². The minimum atomic E-state index is -0.593.